The predicted octanol–water partition coefficient (Wildman–Crippen LogP) is 2.91. The number of nitrogens with one attached hydrogen (secondary N) is 2. The molecule has 0 radical (unpaired) electrons. The van der Waals surface area contributed by atoms with Gasteiger partial charge in [0.25, 0.3) is 5.91 Å². The van der Waals surface area contributed by atoms with E-state index in [1.165, 1.54) is 12.8 Å². The molecular formula is C15H20ClN5O. The van der Waals surface area contributed by atoms with Gasteiger partial charge in [-0.2, -0.15) is 10.2 Å². The van der Waals surface area contributed by atoms with Gasteiger partial charge in [0.15, 0.2) is 0 Å². The third-order valence-corrected chi connectivity index (χ3v) is 4.22. The van der Waals surface area contributed by atoms with Gasteiger partial charge in [0.2, 0.25) is 0 Å². The maximum Gasteiger partial charge on any atom is 0.271 e. The van der Waals surface area contributed by atoms with Crippen molar-refractivity contribution in [1.29, 1.82) is 0 Å². The molecule has 0 saturated heterocycles. The third kappa shape index (κ3) is 3.50. The molecule has 2 aromatic heterocycles. The molecule has 0 aliphatic heterocycles. The Morgan fingerprint density at radius 2 is 2.41 bits per heavy atom. The van der Waals surface area contributed by atoms with Crippen molar-refractivity contribution in [3.8, 4) is 0 Å². The van der Waals surface area contributed by atoms with Gasteiger partial charge in [0.05, 0.1) is 17.3 Å². The van der Waals surface area contributed by atoms with Gasteiger partial charge in [-0.3, -0.25) is 14.6 Å². The van der Waals surface area contributed by atoms with Crippen LogP contribution in [0.3, 0.4) is 0 Å². The molecule has 1 aliphatic carbocycles. The molecule has 1 aliphatic rings. The van der Waals surface area contributed by atoms with E-state index in [0.717, 1.165) is 18.5 Å². The molecule has 0 bridgehead atoms. The molecule has 1 atom stereocenters. The Kier molecular flexibility index (Phi) is 4.47. The zero-order chi connectivity index (χ0) is 15.5. The summed E-state index contributed by atoms with van der Waals surface area (Å²) in [5.74, 6) is 0.444. The second-order valence-corrected chi connectivity index (χ2v) is 6.16. The van der Waals surface area contributed by atoms with Crippen molar-refractivity contribution in [2.75, 3.05) is 6.54 Å². The van der Waals surface area contributed by atoms with Gasteiger partial charge in [0.1, 0.15) is 5.69 Å². The van der Waals surface area contributed by atoms with Crippen molar-refractivity contribution >= 4 is 17.5 Å². The predicted molar refractivity (Wildman–Crippen MR) is 84.1 cm³/mol. The lowest BCUT2D eigenvalue weighted by Crippen LogP contribution is -2.27. The average molecular weight is 322 g/mol. The Bertz CT molecular complexity index is 646. The van der Waals surface area contributed by atoms with E-state index in [0.29, 0.717) is 23.2 Å². The highest BCUT2D eigenvalue weighted by atomic mass is 35.5. The largest absolute Gasteiger partial charge is 0.351 e. The minimum absolute atomic E-state index is 0.128. The number of H-pyrrole nitrogens is 1. The quantitative estimate of drug-likeness (QED) is 0.823. The Hall–Kier alpha value is -1.82. The van der Waals surface area contributed by atoms with Crippen LogP contribution in [0.1, 0.15) is 60.7 Å². The molecule has 3 rings (SSSR count). The van der Waals surface area contributed by atoms with E-state index in [4.69, 9.17) is 11.6 Å². The molecule has 7 heteroatoms. The fraction of sp³-hybridized carbons (Fsp3) is 0.533. The summed E-state index contributed by atoms with van der Waals surface area (Å²) in [4.78, 5) is 12.1. The molecule has 22 heavy (non-hydrogen) atoms. The van der Waals surface area contributed by atoms with E-state index >= 15 is 0 Å². The summed E-state index contributed by atoms with van der Waals surface area (Å²) in [5, 5.41) is 14.8. The molecule has 6 nitrogen and oxygen atoms in total. The zero-order valence-corrected chi connectivity index (χ0v) is 13.3. The zero-order valence-electron chi connectivity index (χ0n) is 12.6. The molecule has 0 spiro atoms. The van der Waals surface area contributed by atoms with E-state index < -0.39 is 0 Å². The highest BCUT2D eigenvalue weighted by Crippen LogP contribution is 2.38. The van der Waals surface area contributed by atoms with Crippen LogP contribution in [0.25, 0.3) is 0 Å². The van der Waals surface area contributed by atoms with E-state index in [9.17, 15) is 4.79 Å². The number of amides is 1. The Morgan fingerprint density at radius 3 is 3.05 bits per heavy atom. The smallest absolute Gasteiger partial charge is 0.271 e. The Labute approximate surface area is 134 Å². The normalized spacial score (nSPS) is 15.7. The third-order valence-electron chi connectivity index (χ3n) is 4.03. The van der Waals surface area contributed by atoms with Crippen molar-refractivity contribution in [3.05, 3.63) is 34.9 Å². The summed E-state index contributed by atoms with van der Waals surface area (Å²) in [5.41, 5.74) is 1.54. The van der Waals surface area contributed by atoms with Crippen molar-refractivity contribution in [3.63, 3.8) is 0 Å². The molecule has 0 aromatic carbocycles. The van der Waals surface area contributed by atoms with Crippen molar-refractivity contribution < 1.29 is 4.79 Å². The second kappa shape index (κ2) is 6.52. The fourth-order valence-corrected chi connectivity index (χ4v) is 2.68. The van der Waals surface area contributed by atoms with Crippen LogP contribution < -0.4 is 5.32 Å². The van der Waals surface area contributed by atoms with E-state index in [2.05, 4.69) is 27.5 Å². The lowest BCUT2D eigenvalue weighted by atomic mass is 10.1. The summed E-state index contributed by atoms with van der Waals surface area (Å²) in [6, 6.07) is 2.09. The SMILES string of the molecule is CC[C@H](CCNC(=O)c1cc(C2CC2)[nH]n1)n1cc(Cl)cn1. The Morgan fingerprint density at radius 1 is 1.59 bits per heavy atom. The average Bonchev–Trinajstić information content (AvgIpc) is 3.08. The topological polar surface area (TPSA) is 75.6 Å². The molecule has 1 amide bonds. The first kappa shape index (κ1) is 15.1. The maximum atomic E-state index is 12.1. The fourth-order valence-electron chi connectivity index (χ4n) is 2.54. The monoisotopic (exact) mass is 321 g/mol. The molecule has 2 heterocycles. The van der Waals surface area contributed by atoms with Gasteiger partial charge in [-0.25, -0.2) is 0 Å². The first-order valence-electron chi connectivity index (χ1n) is 7.70. The summed E-state index contributed by atoms with van der Waals surface area (Å²) >= 11 is 5.89. The lowest BCUT2D eigenvalue weighted by Gasteiger charge is -2.15. The molecule has 2 N–H and O–H groups in total. The maximum absolute atomic E-state index is 12.1. The van der Waals surface area contributed by atoms with Crippen LogP contribution in [0.2, 0.25) is 5.02 Å². The molecule has 1 fully saturated rings. The standard InChI is InChI=1S/C15H20ClN5O/c1-2-12(21-9-11(16)8-18-21)5-6-17-15(22)14-7-13(19-20-14)10-3-4-10/h7-10,12H,2-6H2,1H3,(H,17,22)(H,19,20)/t12-/m1/s1. The number of nitrogens with zero attached hydrogens (tertiary/aromatic N) is 3. The van der Waals surface area contributed by atoms with E-state index in [-0.39, 0.29) is 11.9 Å². The number of carbonyl (C=O) groups excluding carboxylic acids is 1. The highest BCUT2D eigenvalue weighted by Gasteiger charge is 2.26. The van der Waals surface area contributed by atoms with Gasteiger partial charge in [-0.05, 0) is 31.7 Å². The van der Waals surface area contributed by atoms with Gasteiger partial charge >= 0.3 is 0 Å². The molecule has 118 valence electrons. The molecule has 1 saturated carbocycles. The van der Waals surface area contributed by atoms with Gasteiger partial charge in [-0.15, -0.1) is 0 Å². The second-order valence-electron chi connectivity index (χ2n) is 5.73. The van der Waals surface area contributed by atoms with Crippen LogP contribution in [0, 0.1) is 0 Å². The van der Waals surface area contributed by atoms with Gasteiger partial charge in [0, 0.05) is 24.4 Å². The number of aromatic amines is 1. The summed E-state index contributed by atoms with van der Waals surface area (Å²) < 4.78 is 1.86. The van der Waals surface area contributed by atoms with E-state index in [1.54, 1.807) is 6.20 Å². The molecular weight excluding hydrogens is 302 g/mol. The van der Waals surface area contributed by atoms with Crippen LogP contribution >= 0.6 is 11.6 Å². The number of rotatable bonds is 7. The summed E-state index contributed by atoms with van der Waals surface area (Å²) in [7, 11) is 0. The van der Waals surface area contributed by atoms with Crippen molar-refractivity contribution in [2.45, 2.75) is 44.6 Å². The minimum Gasteiger partial charge on any atom is -0.351 e. The van der Waals surface area contributed by atoms with Crippen molar-refractivity contribution in [2.24, 2.45) is 0 Å². The van der Waals surface area contributed by atoms with Crippen LogP contribution in [-0.2, 0) is 0 Å². The van der Waals surface area contributed by atoms with Gasteiger partial charge in [-0.1, -0.05) is 18.5 Å². The van der Waals surface area contributed by atoms with E-state index in [1.807, 2.05) is 16.9 Å². The van der Waals surface area contributed by atoms with Crippen LogP contribution in [0.15, 0.2) is 18.5 Å². The summed E-state index contributed by atoms with van der Waals surface area (Å²) in [6.45, 7) is 2.68. The van der Waals surface area contributed by atoms with Crippen LogP contribution in [0.5, 0.6) is 0 Å². The van der Waals surface area contributed by atoms with Crippen molar-refractivity contribution in [1.82, 2.24) is 25.3 Å². The van der Waals surface area contributed by atoms with Crippen LogP contribution in [-0.4, -0.2) is 32.4 Å². The summed E-state index contributed by atoms with van der Waals surface area (Å²) in [6.07, 6.45) is 7.56. The number of hydrogen-bond acceptors (Lipinski definition) is 3. The lowest BCUT2D eigenvalue weighted by molar-refractivity contribution is 0.0946. The number of halogens is 1. The highest BCUT2D eigenvalue weighted by molar-refractivity contribution is 6.30. The van der Waals surface area contributed by atoms with Crippen LogP contribution in [0.4, 0.5) is 0 Å². The number of hydrogen-bond donors (Lipinski definition) is 2. The number of aromatic nitrogens is 4. The van der Waals surface area contributed by atoms with Gasteiger partial charge < -0.3 is 5.32 Å². The first-order chi connectivity index (χ1) is 10.7. The number of carbonyl (C=O) groups is 1. The minimum atomic E-state index is -0.128. The first-order valence-corrected chi connectivity index (χ1v) is 8.08. The molecule has 0 unspecified atom stereocenters. The Balaban J connectivity index is 1.49. The molecule has 2 aromatic rings.